The molecule has 0 radical (unpaired) electrons. The van der Waals surface area contributed by atoms with Gasteiger partial charge in [0.1, 0.15) is 6.61 Å². The predicted molar refractivity (Wildman–Crippen MR) is 91.5 cm³/mol. The Morgan fingerprint density at radius 3 is 2.40 bits per heavy atom. The highest BCUT2D eigenvalue weighted by Gasteiger charge is 2.12. The van der Waals surface area contributed by atoms with E-state index in [1.807, 2.05) is 0 Å². The van der Waals surface area contributed by atoms with Crippen molar-refractivity contribution in [1.82, 2.24) is 0 Å². The number of hydrogen-bond acceptors (Lipinski definition) is 6. The Hall–Kier alpha value is -3.13. The van der Waals surface area contributed by atoms with E-state index in [4.69, 9.17) is 21.1 Å². The zero-order valence-electron chi connectivity index (χ0n) is 13.0. The second kappa shape index (κ2) is 8.11. The monoisotopic (exact) mass is 364 g/mol. The molecule has 130 valence electrons. The van der Waals surface area contributed by atoms with E-state index >= 15 is 0 Å². The first-order valence-electron chi connectivity index (χ1n) is 6.96. The summed E-state index contributed by atoms with van der Waals surface area (Å²) >= 11 is 6.16. The third-order valence-corrected chi connectivity index (χ3v) is 3.45. The fourth-order valence-corrected chi connectivity index (χ4v) is 2.27. The number of nitro groups is 2. The van der Waals surface area contributed by atoms with E-state index in [0.717, 1.165) is 6.20 Å². The lowest BCUT2D eigenvalue weighted by molar-refractivity contribution is -0.400. The number of hydrogen-bond donors (Lipinski definition) is 0. The van der Waals surface area contributed by atoms with E-state index in [1.165, 1.54) is 31.4 Å². The Labute approximate surface area is 147 Å². The molecule has 9 heteroatoms. The van der Waals surface area contributed by atoms with Gasteiger partial charge in [-0.2, -0.15) is 0 Å². The van der Waals surface area contributed by atoms with Crippen LogP contribution >= 0.6 is 11.6 Å². The average Bonchev–Trinajstić information content (AvgIpc) is 2.58. The van der Waals surface area contributed by atoms with Gasteiger partial charge in [0.25, 0.3) is 5.69 Å². The van der Waals surface area contributed by atoms with Crippen molar-refractivity contribution in [3.05, 3.63) is 79.0 Å². The van der Waals surface area contributed by atoms with Crippen LogP contribution in [0.2, 0.25) is 5.02 Å². The molecule has 0 aliphatic rings. The zero-order valence-corrected chi connectivity index (χ0v) is 13.8. The summed E-state index contributed by atoms with van der Waals surface area (Å²) < 4.78 is 10.9. The summed E-state index contributed by atoms with van der Waals surface area (Å²) in [5, 5.41) is 21.3. The molecule has 0 unspecified atom stereocenters. The normalized spacial score (nSPS) is 10.6. The number of methoxy groups -OCH3 is 1. The molecule has 0 aliphatic heterocycles. The average molecular weight is 365 g/mol. The quantitative estimate of drug-likeness (QED) is 0.541. The van der Waals surface area contributed by atoms with Crippen LogP contribution in [-0.4, -0.2) is 17.0 Å². The van der Waals surface area contributed by atoms with Crippen molar-refractivity contribution < 1.29 is 19.3 Å². The number of nitro benzene ring substituents is 1. The van der Waals surface area contributed by atoms with Crippen LogP contribution in [0.5, 0.6) is 11.5 Å². The van der Waals surface area contributed by atoms with E-state index in [2.05, 4.69) is 0 Å². The highest BCUT2D eigenvalue weighted by molar-refractivity contribution is 6.32. The molecule has 0 aromatic heterocycles. The summed E-state index contributed by atoms with van der Waals surface area (Å²) in [5.74, 6) is 0.596. The topological polar surface area (TPSA) is 105 Å². The van der Waals surface area contributed by atoms with Gasteiger partial charge in [0.2, 0.25) is 6.20 Å². The van der Waals surface area contributed by atoms with Gasteiger partial charge in [0.15, 0.2) is 11.5 Å². The van der Waals surface area contributed by atoms with E-state index in [9.17, 15) is 20.2 Å². The molecule has 0 saturated carbocycles. The SMILES string of the molecule is COc1cc(C=C[N+](=O)[O-])cc(Cl)c1OCc1ccc([N+](=O)[O-])cc1. The van der Waals surface area contributed by atoms with Gasteiger partial charge in [-0.25, -0.2) is 0 Å². The van der Waals surface area contributed by atoms with Gasteiger partial charge in [-0.3, -0.25) is 20.2 Å². The van der Waals surface area contributed by atoms with Crippen molar-refractivity contribution in [1.29, 1.82) is 0 Å². The molecule has 0 bridgehead atoms. The number of non-ortho nitro benzene ring substituents is 1. The maximum absolute atomic E-state index is 10.6. The van der Waals surface area contributed by atoms with Crippen LogP contribution in [0, 0.1) is 20.2 Å². The number of benzene rings is 2. The van der Waals surface area contributed by atoms with Crippen molar-refractivity contribution in [2.45, 2.75) is 6.61 Å². The van der Waals surface area contributed by atoms with Crippen LogP contribution in [0.4, 0.5) is 5.69 Å². The molecule has 2 aromatic carbocycles. The number of rotatable bonds is 7. The van der Waals surface area contributed by atoms with E-state index in [1.54, 1.807) is 18.2 Å². The Bertz CT molecular complexity index is 820. The summed E-state index contributed by atoms with van der Waals surface area (Å²) in [6.45, 7) is 0.123. The standard InChI is InChI=1S/C16H13ClN2O6/c1-24-15-9-12(6-7-18(20)21)8-14(17)16(15)25-10-11-2-4-13(5-3-11)19(22)23/h2-9H,10H2,1H3. The van der Waals surface area contributed by atoms with E-state index in [-0.39, 0.29) is 23.1 Å². The molecule has 0 atom stereocenters. The lowest BCUT2D eigenvalue weighted by Gasteiger charge is -2.13. The summed E-state index contributed by atoms with van der Waals surface area (Å²) in [7, 11) is 1.42. The molecule has 0 fully saturated rings. The smallest absolute Gasteiger partial charge is 0.269 e. The summed E-state index contributed by atoms with van der Waals surface area (Å²) in [6, 6.07) is 8.97. The maximum Gasteiger partial charge on any atom is 0.269 e. The minimum atomic E-state index is -0.584. The first-order chi connectivity index (χ1) is 11.9. The highest BCUT2D eigenvalue weighted by atomic mass is 35.5. The molecule has 0 spiro atoms. The molecule has 2 aromatic rings. The molecular weight excluding hydrogens is 352 g/mol. The van der Waals surface area contributed by atoms with Crippen LogP contribution in [0.1, 0.15) is 11.1 Å². The zero-order chi connectivity index (χ0) is 18.4. The van der Waals surface area contributed by atoms with Gasteiger partial charge in [-0.15, -0.1) is 0 Å². The molecule has 2 rings (SSSR count). The number of halogens is 1. The second-order valence-electron chi connectivity index (χ2n) is 4.85. The first kappa shape index (κ1) is 18.2. The lowest BCUT2D eigenvalue weighted by Crippen LogP contribution is -1.99. The summed E-state index contributed by atoms with van der Waals surface area (Å²) in [6.07, 6.45) is 2.08. The first-order valence-corrected chi connectivity index (χ1v) is 7.34. The molecule has 0 N–H and O–H groups in total. The van der Waals surface area contributed by atoms with Crippen molar-refractivity contribution in [2.24, 2.45) is 0 Å². The molecule has 0 heterocycles. The van der Waals surface area contributed by atoms with Crippen LogP contribution in [-0.2, 0) is 6.61 Å². The van der Waals surface area contributed by atoms with E-state index in [0.29, 0.717) is 16.9 Å². The molecule has 0 amide bonds. The highest BCUT2D eigenvalue weighted by Crippen LogP contribution is 2.37. The van der Waals surface area contributed by atoms with Gasteiger partial charge in [-0.1, -0.05) is 11.6 Å². The molecule has 0 aliphatic carbocycles. The largest absolute Gasteiger partial charge is 0.493 e. The maximum atomic E-state index is 10.6. The fourth-order valence-electron chi connectivity index (χ4n) is 1.99. The van der Waals surface area contributed by atoms with Crippen LogP contribution in [0.3, 0.4) is 0 Å². The summed E-state index contributed by atoms with van der Waals surface area (Å²) in [4.78, 5) is 20.0. The van der Waals surface area contributed by atoms with Crippen LogP contribution < -0.4 is 9.47 Å². The summed E-state index contributed by atoms with van der Waals surface area (Å²) in [5.41, 5.74) is 1.18. The number of ether oxygens (including phenoxy) is 2. The second-order valence-corrected chi connectivity index (χ2v) is 5.25. The van der Waals surface area contributed by atoms with Crippen molar-refractivity contribution in [3.63, 3.8) is 0 Å². The minimum absolute atomic E-state index is 0.0127. The molecule has 25 heavy (non-hydrogen) atoms. The van der Waals surface area contributed by atoms with Gasteiger partial charge in [0, 0.05) is 18.2 Å². The Kier molecular flexibility index (Phi) is 5.91. The fraction of sp³-hybridized carbons (Fsp3) is 0.125. The van der Waals surface area contributed by atoms with E-state index < -0.39 is 9.85 Å². The molecule has 0 saturated heterocycles. The van der Waals surface area contributed by atoms with Gasteiger partial charge in [-0.05, 0) is 35.4 Å². The van der Waals surface area contributed by atoms with Gasteiger partial charge >= 0.3 is 0 Å². The molecule has 8 nitrogen and oxygen atoms in total. The van der Waals surface area contributed by atoms with Crippen LogP contribution in [0.25, 0.3) is 6.08 Å². The lowest BCUT2D eigenvalue weighted by atomic mass is 10.2. The van der Waals surface area contributed by atoms with Crippen LogP contribution in [0.15, 0.2) is 42.6 Å². The molecular formula is C16H13ClN2O6. The minimum Gasteiger partial charge on any atom is -0.493 e. The number of nitrogens with zero attached hydrogens (tertiary/aromatic N) is 2. The Morgan fingerprint density at radius 1 is 1.16 bits per heavy atom. The van der Waals surface area contributed by atoms with Crippen molar-refractivity contribution >= 4 is 23.4 Å². The van der Waals surface area contributed by atoms with Gasteiger partial charge < -0.3 is 9.47 Å². The van der Waals surface area contributed by atoms with Gasteiger partial charge in [0.05, 0.1) is 22.0 Å². The Morgan fingerprint density at radius 2 is 1.84 bits per heavy atom. The van der Waals surface area contributed by atoms with Crippen molar-refractivity contribution in [2.75, 3.05) is 7.11 Å². The van der Waals surface area contributed by atoms with Crippen molar-refractivity contribution in [3.8, 4) is 11.5 Å². The third kappa shape index (κ3) is 4.92. The predicted octanol–water partition coefficient (Wildman–Crippen LogP) is 4.08. The Balaban J connectivity index is 2.18. The third-order valence-electron chi connectivity index (χ3n) is 3.17.